The maximum atomic E-state index is 12.8. The van der Waals surface area contributed by atoms with Crippen LogP contribution in [-0.4, -0.2) is 87.4 Å². The van der Waals surface area contributed by atoms with Crippen molar-refractivity contribution in [3.63, 3.8) is 0 Å². The van der Waals surface area contributed by atoms with Crippen molar-refractivity contribution in [1.82, 2.24) is 0 Å². The maximum absolute atomic E-state index is 12.8. The summed E-state index contributed by atoms with van der Waals surface area (Å²) in [6.07, 6.45) is 50.9. The second-order valence-electron chi connectivity index (χ2n) is 19.5. The lowest BCUT2D eigenvalue weighted by molar-refractivity contribution is -0.870. The third kappa shape index (κ3) is 47.7. The topological polar surface area (TPSA) is 108 Å². The van der Waals surface area contributed by atoms with Crippen molar-refractivity contribution in [2.24, 2.45) is 0 Å². The summed E-state index contributed by atoms with van der Waals surface area (Å²) >= 11 is 0. The van der Waals surface area contributed by atoms with Crippen LogP contribution in [0.2, 0.25) is 0 Å². The van der Waals surface area contributed by atoms with Gasteiger partial charge in [-0.2, -0.15) is 0 Å². The van der Waals surface area contributed by atoms with E-state index in [1.54, 1.807) is 0 Å². The van der Waals surface area contributed by atoms with Crippen LogP contribution in [0.4, 0.5) is 0 Å². The Balaban J connectivity index is 4.29. The van der Waals surface area contributed by atoms with Gasteiger partial charge in [0.25, 0.3) is 6.29 Å². The lowest BCUT2D eigenvalue weighted by Gasteiger charge is -2.25. The van der Waals surface area contributed by atoms with Crippen LogP contribution >= 0.6 is 0 Å². The fraction of sp³-hybridized carbons (Fsp3) is 0.873. The van der Waals surface area contributed by atoms with Crippen LogP contribution in [0.1, 0.15) is 251 Å². The van der Waals surface area contributed by atoms with Gasteiger partial charge in [-0.15, -0.1) is 0 Å². The molecule has 64 heavy (non-hydrogen) atoms. The van der Waals surface area contributed by atoms with Gasteiger partial charge in [-0.3, -0.25) is 9.59 Å². The minimum absolute atomic E-state index is 0.179. The summed E-state index contributed by atoms with van der Waals surface area (Å²) in [7, 11) is 5.97. The molecule has 0 aliphatic rings. The number of carbonyl (C=O) groups excluding carboxylic acids is 2. The Morgan fingerprint density at radius 1 is 0.469 bits per heavy atom. The number of carboxylic acid groups (broad SMARTS) is 1. The number of aliphatic carboxylic acids is 1. The number of carboxylic acids is 1. The molecule has 0 saturated carbocycles. The summed E-state index contributed by atoms with van der Waals surface area (Å²) in [4.78, 5) is 37.3. The smallest absolute Gasteiger partial charge is 0.361 e. The maximum Gasteiger partial charge on any atom is 0.361 e. The molecule has 0 fully saturated rings. The molecule has 0 aromatic carbocycles. The number of hydrogen-bond donors (Lipinski definition) is 1. The van der Waals surface area contributed by atoms with Crippen LogP contribution in [0.25, 0.3) is 0 Å². The van der Waals surface area contributed by atoms with Gasteiger partial charge in [-0.25, -0.2) is 4.79 Å². The van der Waals surface area contributed by atoms with Crippen LogP contribution in [0, 0.1) is 0 Å². The van der Waals surface area contributed by atoms with E-state index in [0.717, 1.165) is 51.4 Å². The second-order valence-corrected chi connectivity index (χ2v) is 19.5. The van der Waals surface area contributed by atoms with Gasteiger partial charge < -0.3 is 28.5 Å². The number of unbranched alkanes of at least 4 members (excludes halogenated alkanes) is 31. The van der Waals surface area contributed by atoms with Gasteiger partial charge in [0.05, 0.1) is 34.4 Å². The first kappa shape index (κ1) is 61.8. The van der Waals surface area contributed by atoms with Gasteiger partial charge in [-0.1, -0.05) is 218 Å². The highest BCUT2D eigenvalue weighted by Crippen LogP contribution is 2.16. The number of rotatable bonds is 50. The number of nitrogens with zero attached hydrogens (tertiary/aromatic N) is 1. The molecule has 0 rings (SSSR count). The fourth-order valence-electron chi connectivity index (χ4n) is 7.75. The highest BCUT2D eigenvalue weighted by molar-refractivity contribution is 5.71. The fourth-order valence-corrected chi connectivity index (χ4v) is 7.75. The molecular formula is C55H104NO8+. The number of allylic oxidation sites excluding steroid dienone is 4. The van der Waals surface area contributed by atoms with Crippen LogP contribution in [-0.2, 0) is 33.3 Å². The van der Waals surface area contributed by atoms with E-state index in [2.05, 4.69) is 38.2 Å². The van der Waals surface area contributed by atoms with Crippen molar-refractivity contribution in [2.45, 2.75) is 264 Å². The van der Waals surface area contributed by atoms with E-state index in [-0.39, 0.29) is 32.2 Å². The zero-order chi connectivity index (χ0) is 47.0. The van der Waals surface area contributed by atoms with Gasteiger partial charge in [0.15, 0.2) is 6.10 Å². The van der Waals surface area contributed by atoms with Crippen LogP contribution < -0.4 is 0 Å². The minimum atomic E-state index is -1.51. The quantitative estimate of drug-likeness (QED) is 0.0211. The van der Waals surface area contributed by atoms with Crippen molar-refractivity contribution in [3.05, 3.63) is 24.3 Å². The third-order valence-electron chi connectivity index (χ3n) is 12.0. The Labute approximate surface area is 395 Å². The Kier molecular flexibility index (Phi) is 45.6. The van der Waals surface area contributed by atoms with E-state index < -0.39 is 24.3 Å². The van der Waals surface area contributed by atoms with E-state index in [4.69, 9.17) is 18.9 Å². The summed E-state index contributed by atoms with van der Waals surface area (Å²) < 4.78 is 22.9. The van der Waals surface area contributed by atoms with E-state index in [9.17, 15) is 19.5 Å². The van der Waals surface area contributed by atoms with Gasteiger partial charge in [-0.05, 0) is 44.9 Å². The Morgan fingerprint density at radius 2 is 0.844 bits per heavy atom. The zero-order valence-electron chi connectivity index (χ0n) is 42.7. The molecule has 1 N–H and O–H groups in total. The summed E-state index contributed by atoms with van der Waals surface area (Å²) in [5.41, 5.74) is 0. The number of hydrogen-bond acceptors (Lipinski definition) is 7. The highest BCUT2D eigenvalue weighted by Gasteiger charge is 2.25. The van der Waals surface area contributed by atoms with Crippen LogP contribution in [0.15, 0.2) is 24.3 Å². The second kappa shape index (κ2) is 47.3. The summed E-state index contributed by atoms with van der Waals surface area (Å²) in [6.45, 7) is 4.90. The lowest BCUT2D eigenvalue weighted by atomic mass is 10.0. The number of esters is 2. The molecule has 0 spiro atoms. The molecule has 0 bridgehead atoms. The van der Waals surface area contributed by atoms with Crippen LogP contribution in [0.5, 0.6) is 0 Å². The molecule has 0 aliphatic heterocycles. The normalized spacial score (nSPS) is 13.0. The average Bonchev–Trinajstić information content (AvgIpc) is 3.26. The Bertz CT molecular complexity index is 1100. The molecule has 2 unspecified atom stereocenters. The van der Waals surface area contributed by atoms with Crippen molar-refractivity contribution in [2.75, 3.05) is 47.5 Å². The van der Waals surface area contributed by atoms with Crippen molar-refractivity contribution >= 4 is 17.9 Å². The molecule has 0 radical (unpaired) electrons. The first-order chi connectivity index (χ1) is 31.1. The molecule has 0 aliphatic carbocycles. The average molecular weight is 907 g/mol. The van der Waals surface area contributed by atoms with E-state index >= 15 is 0 Å². The molecule has 0 aromatic rings. The van der Waals surface area contributed by atoms with Gasteiger partial charge in [0, 0.05) is 12.8 Å². The molecule has 9 heteroatoms. The van der Waals surface area contributed by atoms with E-state index in [0.29, 0.717) is 17.4 Å². The number of ether oxygens (including phenoxy) is 4. The first-order valence-electron chi connectivity index (χ1n) is 27.0. The Hall–Kier alpha value is -2.23. The van der Waals surface area contributed by atoms with Gasteiger partial charge >= 0.3 is 17.9 Å². The molecule has 0 amide bonds. The van der Waals surface area contributed by atoms with E-state index in [1.165, 1.54) is 173 Å². The molecule has 376 valence electrons. The summed E-state index contributed by atoms with van der Waals surface area (Å²) in [6, 6.07) is 0. The standard InChI is InChI=1S/C55H103NO8/c1-6-8-10-12-14-16-18-20-22-24-26-27-28-30-32-34-36-38-40-42-44-46-53(58)64-51(50-63-55(54(59)60)61-48-47-56(3,4)5)49-62-52(57)45-43-41-39-37-35-33-31-29-25-23-21-19-17-15-13-11-9-7-2/h18,20,24,26,51,55H,6-17,19,21-23,25,27-50H2,1-5H3/p+1/b20-18-,26-24-. The number of carbonyl (C=O) groups is 3. The molecule has 2 atom stereocenters. The van der Waals surface area contributed by atoms with Crippen LogP contribution in [0.3, 0.4) is 0 Å². The lowest BCUT2D eigenvalue weighted by Crippen LogP contribution is -2.40. The summed E-state index contributed by atoms with van der Waals surface area (Å²) in [5, 5.41) is 9.68. The molecule has 0 heterocycles. The molecular weight excluding hydrogens is 803 g/mol. The predicted octanol–water partition coefficient (Wildman–Crippen LogP) is 15.2. The SMILES string of the molecule is CCCCCCC/C=C\C/C=C\CCCCCCCCCCCC(=O)OC(COC(=O)CCCCCCCCCCCCCCCCCCCC)COC(OCC[N+](C)(C)C)C(=O)O. The molecule has 0 aromatic heterocycles. The highest BCUT2D eigenvalue weighted by atomic mass is 16.7. The van der Waals surface area contributed by atoms with Crippen molar-refractivity contribution in [3.8, 4) is 0 Å². The molecule has 0 saturated heterocycles. The largest absolute Gasteiger partial charge is 0.477 e. The van der Waals surface area contributed by atoms with Crippen molar-refractivity contribution in [1.29, 1.82) is 0 Å². The summed E-state index contributed by atoms with van der Waals surface area (Å²) in [5.74, 6) is -1.99. The van der Waals surface area contributed by atoms with Crippen molar-refractivity contribution < 1.29 is 42.9 Å². The van der Waals surface area contributed by atoms with Gasteiger partial charge in [0.2, 0.25) is 0 Å². The van der Waals surface area contributed by atoms with E-state index in [1.807, 2.05) is 21.1 Å². The minimum Gasteiger partial charge on any atom is -0.477 e. The Morgan fingerprint density at radius 3 is 1.23 bits per heavy atom. The number of likely N-dealkylation sites (N-methyl/N-ethyl adjacent to an activating group) is 1. The number of quaternary nitrogens is 1. The third-order valence-corrected chi connectivity index (χ3v) is 12.0. The zero-order valence-corrected chi connectivity index (χ0v) is 42.7. The first-order valence-corrected chi connectivity index (χ1v) is 27.0. The van der Waals surface area contributed by atoms with Gasteiger partial charge in [0.1, 0.15) is 13.2 Å². The molecule has 9 nitrogen and oxygen atoms in total. The predicted molar refractivity (Wildman–Crippen MR) is 268 cm³/mol. The monoisotopic (exact) mass is 907 g/mol.